The predicted octanol–water partition coefficient (Wildman–Crippen LogP) is -0.141. The molecule has 0 amide bonds. The van der Waals surface area contributed by atoms with Crippen molar-refractivity contribution in [3.63, 3.8) is 0 Å². The van der Waals surface area contributed by atoms with Crippen LogP contribution >= 0.6 is 0 Å². The maximum absolute atomic E-state index is 4.68. The first kappa shape index (κ1) is 5.76. The largest absolute Gasteiger partial charge is 0.505 e. The Balaban J connectivity index is 3.14. The topological polar surface area (TPSA) is 9.23 Å². The van der Waals surface area contributed by atoms with Gasteiger partial charge in [0.25, 0.3) is 0 Å². The van der Waals surface area contributed by atoms with Crippen molar-refractivity contribution in [3.8, 4) is 0 Å². The Morgan fingerprint density at radius 3 is 2.33 bits per heavy atom. The van der Waals surface area contributed by atoms with Gasteiger partial charge in [-0.05, 0) is 6.92 Å². The smallest absolute Gasteiger partial charge is 0.0766 e. The van der Waals surface area contributed by atoms with E-state index >= 15 is 0 Å². The molecule has 0 saturated carbocycles. The molecule has 0 aromatic heterocycles. The highest BCUT2D eigenvalue weighted by molar-refractivity contribution is 6.20. The Hall–Kier alpha value is -0.243. The van der Waals surface area contributed by atoms with Gasteiger partial charge in [-0.3, -0.25) is 0 Å². The van der Waals surface area contributed by atoms with Crippen LogP contribution in [0.25, 0.3) is 0 Å². The normalized spacial score (nSPS) is 12.0. The maximum Gasteiger partial charge on any atom is 0.0766 e. The van der Waals surface area contributed by atoms with E-state index in [0.717, 1.165) is 10.2 Å². The zero-order valence-electron chi connectivity index (χ0n) is 4.49. The second kappa shape index (κ2) is 2.97. The van der Waals surface area contributed by atoms with Crippen LogP contribution in [0.4, 0.5) is 0 Å². The molecule has 0 aliphatic rings. The molecule has 0 aromatic carbocycles. The van der Waals surface area contributed by atoms with E-state index in [-0.39, 0.29) is 0 Å². The van der Waals surface area contributed by atoms with Gasteiger partial charge in [-0.2, -0.15) is 0 Å². The minimum atomic E-state index is 1.11. The van der Waals surface area contributed by atoms with E-state index in [1.165, 1.54) is 5.20 Å². The zero-order chi connectivity index (χ0) is 4.99. The number of allylic oxidation sites excluding steroid dienone is 1. The summed E-state index contributed by atoms with van der Waals surface area (Å²) in [6.07, 6.45) is 1.77. The molecule has 6 heavy (non-hydrogen) atoms. The summed E-state index contributed by atoms with van der Waals surface area (Å²) in [7, 11) is 2.78. The van der Waals surface area contributed by atoms with Crippen LogP contribution in [-0.4, -0.2) is 17.4 Å². The zero-order valence-corrected chi connectivity index (χ0v) is 6.49. The number of hydrogen-bond acceptors (Lipinski definition) is 1. The molecular formula is C4H10OSi. The van der Waals surface area contributed by atoms with Gasteiger partial charge < -0.3 is 4.74 Å². The number of ether oxygens (including phenoxy) is 1. The van der Waals surface area contributed by atoms with E-state index in [9.17, 15) is 0 Å². The maximum atomic E-state index is 4.68. The van der Waals surface area contributed by atoms with E-state index < -0.39 is 0 Å². The average molecular weight is 102 g/mol. The van der Waals surface area contributed by atoms with Crippen LogP contribution in [0.5, 0.6) is 0 Å². The summed E-state index contributed by atoms with van der Waals surface area (Å²) in [6, 6.07) is 0. The third kappa shape index (κ3) is 3.76. The fourth-order valence-corrected chi connectivity index (χ4v) is 0.471. The van der Waals surface area contributed by atoms with Gasteiger partial charge in [0.1, 0.15) is 0 Å². The van der Waals surface area contributed by atoms with E-state index in [2.05, 4.69) is 11.7 Å². The summed E-state index contributed by atoms with van der Waals surface area (Å²) < 4.78 is 4.68. The lowest BCUT2D eigenvalue weighted by Crippen LogP contribution is -1.71. The van der Waals surface area contributed by atoms with Crippen molar-refractivity contribution in [2.45, 2.75) is 6.92 Å². The Labute approximate surface area is 41.4 Å². The van der Waals surface area contributed by atoms with Crippen molar-refractivity contribution in [3.05, 3.63) is 11.5 Å². The molecule has 0 heterocycles. The standard InChI is InChI=1S/C4H10OSi/c1-4(6)3-5-2/h3H,1-2,6H3. The second-order valence-electron chi connectivity index (χ2n) is 1.43. The highest BCUT2D eigenvalue weighted by Gasteiger charge is 1.67. The Kier molecular flexibility index (Phi) is 2.85. The van der Waals surface area contributed by atoms with Crippen molar-refractivity contribution < 1.29 is 4.74 Å². The lowest BCUT2D eigenvalue weighted by Gasteiger charge is -1.85. The Morgan fingerprint density at radius 1 is 1.83 bits per heavy atom. The quantitative estimate of drug-likeness (QED) is 0.331. The fraction of sp³-hybridized carbons (Fsp3) is 0.500. The van der Waals surface area contributed by atoms with Crippen molar-refractivity contribution in [1.29, 1.82) is 0 Å². The number of hydrogen-bond donors (Lipinski definition) is 0. The lowest BCUT2D eigenvalue weighted by atomic mass is 10.7. The van der Waals surface area contributed by atoms with Crippen LogP contribution in [0.2, 0.25) is 0 Å². The van der Waals surface area contributed by atoms with Crippen molar-refractivity contribution in [1.82, 2.24) is 0 Å². The van der Waals surface area contributed by atoms with Gasteiger partial charge in [-0.25, -0.2) is 0 Å². The molecule has 1 nitrogen and oxygen atoms in total. The first-order valence-corrected chi connectivity index (χ1v) is 2.93. The van der Waals surface area contributed by atoms with Crippen LogP contribution in [-0.2, 0) is 4.74 Å². The molecule has 36 valence electrons. The molecule has 0 bridgehead atoms. The number of methoxy groups -OCH3 is 1. The van der Waals surface area contributed by atoms with Crippen LogP contribution < -0.4 is 0 Å². The summed E-state index contributed by atoms with van der Waals surface area (Å²) in [5.74, 6) is 0. The summed E-state index contributed by atoms with van der Waals surface area (Å²) in [6.45, 7) is 2.05. The first-order valence-electron chi connectivity index (χ1n) is 1.93. The highest BCUT2D eigenvalue weighted by atomic mass is 28.1. The molecule has 2 heteroatoms. The summed E-state index contributed by atoms with van der Waals surface area (Å²) in [4.78, 5) is 0. The molecule has 0 radical (unpaired) electrons. The molecule has 0 unspecified atom stereocenters. The Morgan fingerprint density at radius 2 is 2.33 bits per heavy atom. The number of rotatable bonds is 1. The lowest BCUT2D eigenvalue weighted by molar-refractivity contribution is 0.336. The molecule has 0 saturated heterocycles. The van der Waals surface area contributed by atoms with Crippen molar-refractivity contribution in [2.24, 2.45) is 0 Å². The molecule has 0 rings (SSSR count). The predicted molar refractivity (Wildman–Crippen MR) is 30.7 cm³/mol. The van der Waals surface area contributed by atoms with E-state index in [0.29, 0.717) is 0 Å². The van der Waals surface area contributed by atoms with Crippen LogP contribution in [0.15, 0.2) is 11.5 Å². The van der Waals surface area contributed by atoms with Crippen LogP contribution in [0.3, 0.4) is 0 Å². The Bertz CT molecular complexity index is 54.6. The van der Waals surface area contributed by atoms with Crippen molar-refractivity contribution >= 4 is 10.2 Å². The summed E-state index contributed by atoms with van der Waals surface area (Å²) in [5, 5.41) is 1.33. The van der Waals surface area contributed by atoms with E-state index in [1.54, 1.807) is 13.4 Å². The van der Waals surface area contributed by atoms with Crippen molar-refractivity contribution in [2.75, 3.05) is 7.11 Å². The minimum Gasteiger partial charge on any atom is -0.505 e. The van der Waals surface area contributed by atoms with Gasteiger partial charge in [0.15, 0.2) is 0 Å². The van der Waals surface area contributed by atoms with Gasteiger partial charge in [0.05, 0.1) is 13.4 Å². The average Bonchev–Trinajstić information content (AvgIpc) is 1.35. The minimum absolute atomic E-state index is 1.11. The van der Waals surface area contributed by atoms with Gasteiger partial charge in [0, 0.05) is 10.2 Å². The van der Waals surface area contributed by atoms with Gasteiger partial charge in [0.2, 0.25) is 0 Å². The monoisotopic (exact) mass is 102 g/mol. The third-order valence-corrected chi connectivity index (χ3v) is 0.589. The molecular weight excluding hydrogens is 92.1 g/mol. The van der Waals surface area contributed by atoms with Gasteiger partial charge >= 0.3 is 0 Å². The van der Waals surface area contributed by atoms with Crippen LogP contribution in [0, 0.1) is 0 Å². The van der Waals surface area contributed by atoms with Gasteiger partial charge in [-0.15, -0.1) is 0 Å². The molecule has 0 aromatic rings. The molecule has 0 spiro atoms. The van der Waals surface area contributed by atoms with Gasteiger partial charge in [-0.1, -0.05) is 5.20 Å². The van der Waals surface area contributed by atoms with E-state index in [1.807, 2.05) is 0 Å². The molecule has 0 aliphatic carbocycles. The first-order chi connectivity index (χ1) is 2.77. The SMILES string of the molecule is COC=C(C)[SiH3]. The van der Waals surface area contributed by atoms with E-state index in [4.69, 9.17) is 0 Å². The summed E-state index contributed by atoms with van der Waals surface area (Å²) in [5.41, 5.74) is 0. The van der Waals surface area contributed by atoms with Crippen LogP contribution in [0.1, 0.15) is 6.92 Å². The molecule has 0 atom stereocenters. The summed E-state index contributed by atoms with van der Waals surface area (Å²) >= 11 is 0. The molecule has 0 fully saturated rings. The second-order valence-corrected chi connectivity index (χ2v) is 3.01. The third-order valence-electron chi connectivity index (χ3n) is 0.354. The highest BCUT2D eigenvalue weighted by Crippen LogP contribution is 1.79. The molecule has 0 aliphatic heterocycles. The molecule has 0 N–H and O–H groups in total. The fourth-order valence-electron chi connectivity index (χ4n) is 0.236.